The van der Waals surface area contributed by atoms with E-state index in [4.69, 9.17) is 0 Å². The highest BCUT2D eigenvalue weighted by molar-refractivity contribution is 7.14. The zero-order valence-corrected chi connectivity index (χ0v) is 15.2. The normalized spacial score (nSPS) is 10.8. The van der Waals surface area contributed by atoms with E-state index in [0.717, 1.165) is 17.7 Å². The molecular weight excluding hydrogens is 384 g/mol. The van der Waals surface area contributed by atoms with Crippen molar-refractivity contribution in [3.8, 4) is 11.3 Å². The Morgan fingerprint density at radius 1 is 1.11 bits per heavy atom. The van der Waals surface area contributed by atoms with Crippen molar-refractivity contribution in [2.75, 3.05) is 5.32 Å². The van der Waals surface area contributed by atoms with Crippen molar-refractivity contribution >= 4 is 22.4 Å². The van der Waals surface area contributed by atoms with Gasteiger partial charge in [-0.1, -0.05) is 35.5 Å². The number of halogens is 2. The van der Waals surface area contributed by atoms with E-state index < -0.39 is 17.5 Å². The molecule has 0 unspecified atom stereocenters. The van der Waals surface area contributed by atoms with E-state index in [9.17, 15) is 13.6 Å². The molecule has 0 aliphatic rings. The number of carbonyl (C=O) groups is 1. The van der Waals surface area contributed by atoms with Gasteiger partial charge >= 0.3 is 0 Å². The summed E-state index contributed by atoms with van der Waals surface area (Å²) in [4.78, 5) is 16.6. The molecule has 2 aromatic carbocycles. The molecule has 0 saturated carbocycles. The monoisotopic (exact) mass is 397 g/mol. The van der Waals surface area contributed by atoms with Gasteiger partial charge in [0.15, 0.2) is 22.5 Å². The van der Waals surface area contributed by atoms with Crippen LogP contribution in [0.2, 0.25) is 0 Å². The molecule has 0 aliphatic carbocycles. The molecule has 9 heteroatoms. The molecule has 28 heavy (non-hydrogen) atoms. The van der Waals surface area contributed by atoms with Gasteiger partial charge in [0.25, 0.3) is 5.91 Å². The molecular formula is C19H13F2N5OS. The van der Waals surface area contributed by atoms with Crippen molar-refractivity contribution < 1.29 is 13.6 Å². The van der Waals surface area contributed by atoms with Gasteiger partial charge in [-0.25, -0.2) is 18.4 Å². The molecule has 6 nitrogen and oxygen atoms in total. The second-order valence-corrected chi connectivity index (χ2v) is 6.77. The highest BCUT2D eigenvalue weighted by Gasteiger charge is 2.14. The lowest BCUT2D eigenvalue weighted by molar-refractivity contribution is 0.102. The Hall–Kier alpha value is -3.46. The minimum Gasteiger partial charge on any atom is -0.296 e. The number of thiazole rings is 1. The van der Waals surface area contributed by atoms with E-state index in [1.807, 2.05) is 30.3 Å². The summed E-state index contributed by atoms with van der Waals surface area (Å²) >= 11 is 1.17. The Kier molecular flexibility index (Phi) is 4.90. The summed E-state index contributed by atoms with van der Waals surface area (Å²) in [6.45, 7) is 0.499. The molecule has 0 fully saturated rings. The fourth-order valence-electron chi connectivity index (χ4n) is 2.53. The van der Waals surface area contributed by atoms with Crippen LogP contribution in [0.4, 0.5) is 13.9 Å². The maximum atomic E-state index is 13.4. The standard InChI is InChI=1S/C19H13F2N5OS/c20-14-7-6-13(8-15(14)21)17-11-28-19(22-17)23-18(27)16-10-26(25-24-16)9-12-4-2-1-3-5-12/h1-8,10-11H,9H2,(H,22,23,27). The predicted molar refractivity (Wildman–Crippen MR) is 101 cm³/mol. The summed E-state index contributed by atoms with van der Waals surface area (Å²) < 4.78 is 28.0. The van der Waals surface area contributed by atoms with Crippen molar-refractivity contribution in [2.24, 2.45) is 0 Å². The van der Waals surface area contributed by atoms with Crippen LogP contribution in [-0.2, 0) is 6.54 Å². The Bertz CT molecular complexity index is 1130. The average molecular weight is 397 g/mol. The molecule has 0 bridgehead atoms. The number of anilines is 1. The number of nitrogens with zero attached hydrogens (tertiary/aromatic N) is 4. The first-order valence-corrected chi connectivity index (χ1v) is 9.13. The van der Waals surface area contributed by atoms with Crippen LogP contribution in [0.1, 0.15) is 16.1 Å². The van der Waals surface area contributed by atoms with E-state index >= 15 is 0 Å². The van der Waals surface area contributed by atoms with Crippen molar-refractivity contribution in [1.29, 1.82) is 0 Å². The maximum absolute atomic E-state index is 13.4. The molecule has 0 atom stereocenters. The van der Waals surface area contributed by atoms with Gasteiger partial charge in [0, 0.05) is 10.9 Å². The number of aromatic nitrogens is 4. The van der Waals surface area contributed by atoms with Crippen molar-refractivity contribution in [1.82, 2.24) is 20.0 Å². The minimum absolute atomic E-state index is 0.153. The molecule has 4 rings (SSSR count). The largest absolute Gasteiger partial charge is 0.296 e. The van der Waals surface area contributed by atoms with Gasteiger partial charge in [-0.2, -0.15) is 0 Å². The van der Waals surface area contributed by atoms with Crippen molar-refractivity contribution in [3.05, 3.63) is 83.0 Å². The van der Waals surface area contributed by atoms with Crippen LogP contribution in [-0.4, -0.2) is 25.9 Å². The van der Waals surface area contributed by atoms with Crippen LogP contribution in [0.3, 0.4) is 0 Å². The smallest absolute Gasteiger partial charge is 0.279 e. The lowest BCUT2D eigenvalue weighted by atomic mass is 10.2. The second kappa shape index (κ2) is 7.65. The number of carbonyl (C=O) groups excluding carboxylic acids is 1. The molecule has 0 aliphatic heterocycles. The summed E-state index contributed by atoms with van der Waals surface area (Å²) in [7, 11) is 0. The number of nitrogens with one attached hydrogen (secondary N) is 1. The van der Waals surface area contributed by atoms with Crippen LogP contribution >= 0.6 is 11.3 Å². The fourth-order valence-corrected chi connectivity index (χ4v) is 3.25. The first-order valence-electron chi connectivity index (χ1n) is 8.25. The van der Waals surface area contributed by atoms with Gasteiger partial charge in [0.05, 0.1) is 18.4 Å². The summed E-state index contributed by atoms with van der Waals surface area (Å²) in [5, 5.41) is 12.4. The molecule has 0 spiro atoms. The van der Waals surface area contributed by atoms with Crippen LogP contribution in [0, 0.1) is 11.6 Å². The van der Waals surface area contributed by atoms with E-state index in [2.05, 4.69) is 20.6 Å². The van der Waals surface area contributed by atoms with Crippen LogP contribution in [0.15, 0.2) is 60.1 Å². The van der Waals surface area contributed by atoms with Crippen molar-refractivity contribution in [3.63, 3.8) is 0 Å². The molecule has 140 valence electrons. The number of amides is 1. The molecule has 2 aromatic heterocycles. The highest BCUT2D eigenvalue weighted by Crippen LogP contribution is 2.26. The van der Waals surface area contributed by atoms with Crippen LogP contribution in [0.25, 0.3) is 11.3 Å². The third kappa shape index (κ3) is 3.94. The SMILES string of the molecule is O=C(Nc1nc(-c2ccc(F)c(F)c2)cs1)c1cn(Cc2ccccc2)nn1. The number of hydrogen-bond donors (Lipinski definition) is 1. The van der Waals surface area contributed by atoms with Gasteiger partial charge in [0.2, 0.25) is 0 Å². The Labute approximate surface area is 162 Å². The average Bonchev–Trinajstić information content (AvgIpc) is 3.35. The van der Waals surface area contributed by atoms with E-state index in [0.29, 0.717) is 22.9 Å². The molecule has 1 N–H and O–H groups in total. The van der Waals surface area contributed by atoms with Crippen molar-refractivity contribution in [2.45, 2.75) is 6.54 Å². The van der Waals surface area contributed by atoms with Crippen LogP contribution < -0.4 is 5.32 Å². The molecule has 1 amide bonds. The number of rotatable bonds is 5. The zero-order chi connectivity index (χ0) is 19.5. The molecule has 0 saturated heterocycles. The molecule has 4 aromatic rings. The lowest BCUT2D eigenvalue weighted by Crippen LogP contribution is -2.12. The highest BCUT2D eigenvalue weighted by atomic mass is 32.1. The summed E-state index contributed by atoms with van der Waals surface area (Å²) in [6.07, 6.45) is 1.55. The number of hydrogen-bond acceptors (Lipinski definition) is 5. The Morgan fingerprint density at radius 3 is 2.71 bits per heavy atom. The predicted octanol–water partition coefficient (Wildman–Crippen LogP) is 3.98. The third-order valence-electron chi connectivity index (χ3n) is 3.90. The van der Waals surface area contributed by atoms with Gasteiger partial charge in [-0.05, 0) is 23.8 Å². The van der Waals surface area contributed by atoms with Gasteiger partial charge in [-0.3, -0.25) is 10.1 Å². The van der Waals surface area contributed by atoms with E-state index in [1.165, 1.54) is 17.4 Å². The second-order valence-electron chi connectivity index (χ2n) is 5.91. The first kappa shape index (κ1) is 17.9. The summed E-state index contributed by atoms with van der Waals surface area (Å²) in [5.41, 5.74) is 2.05. The Balaban J connectivity index is 1.44. The summed E-state index contributed by atoms with van der Waals surface area (Å²) in [5.74, 6) is -2.33. The third-order valence-corrected chi connectivity index (χ3v) is 4.66. The van der Waals surface area contributed by atoms with Gasteiger partial charge < -0.3 is 0 Å². The quantitative estimate of drug-likeness (QED) is 0.553. The topological polar surface area (TPSA) is 72.7 Å². The lowest BCUT2D eigenvalue weighted by Gasteiger charge is -2.00. The first-order chi connectivity index (χ1) is 13.6. The number of benzene rings is 2. The van der Waals surface area contributed by atoms with E-state index in [1.54, 1.807) is 16.3 Å². The van der Waals surface area contributed by atoms with E-state index in [-0.39, 0.29) is 5.69 Å². The fraction of sp³-hybridized carbons (Fsp3) is 0.0526. The maximum Gasteiger partial charge on any atom is 0.279 e. The zero-order valence-electron chi connectivity index (χ0n) is 14.3. The minimum atomic E-state index is -0.953. The molecule has 2 heterocycles. The van der Waals surface area contributed by atoms with Crippen LogP contribution in [0.5, 0.6) is 0 Å². The van der Waals surface area contributed by atoms with Gasteiger partial charge in [0.1, 0.15) is 0 Å². The van der Waals surface area contributed by atoms with Gasteiger partial charge in [-0.15, -0.1) is 16.4 Å². The summed E-state index contributed by atoms with van der Waals surface area (Å²) in [6, 6.07) is 13.2. The Morgan fingerprint density at radius 2 is 1.93 bits per heavy atom. The molecule has 0 radical (unpaired) electrons.